The molecule has 0 spiro atoms. The van der Waals surface area contributed by atoms with Gasteiger partial charge in [0.05, 0.1) is 0 Å². The number of aliphatic hydroxyl groups excluding tert-OH is 1. The first kappa shape index (κ1) is 13.3. The van der Waals surface area contributed by atoms with Gasteiger partial charge in [-0.05, 0) is 28.5 Å². The van der Waals surface area contributed by atoms with Crippen molar-refractivity contribution >= 4 is 27.0 Å². The first-order valence-electron chi connectivity index (χ1n) is 5.93. The molecule has 0 bridgehead atoms. The summed E-state index contributed by atoms with van der Waals surface area (Å²) in [6.45, 7) is 0. The van der Waals surface area contributed by atoms with Gasteiger partial charge in [-0.3, -0.25) is 4.55 Å². The third-order valence-corrected chi connectivity index (χ3v) is 4.80. The fourth-order valence-corrected chi connectivity index (χ4v) is 3.32. The average molecular weight is 292 g/mol. The molecule has 0 aromatic heterocycles. The zero-order valence-corrected chi connectivity index (χ0v) is 11.1. The van der Waals surface area contributed by atoms with Crippen LogP contribution < -0.4 is 0 Å². The van der Waals surface area contributed by atoms with Crippen LogP contribution in [0.25, 0.3) is 16.8 Å². The Morgan fingerprint density at radius 1 is 1.10 bits per heavy atom. The SMILES string of the molecule is O=S(=O)(O)C1(O)c2cc3ccccc3cc2C=CC1O. The Balaban J connectivity index is 2.40. The van der Waals surface area contributed by atoms with Gasteiger partial charge in [0.25, 0.3) is 0 Å². The largest absolute Gasteiger partial charge is 0.384 e. The van der Waals surface area contributed by atoms with Gasteiger partial charge in [0.1, 0.15) is 6.10 Å². The fourth-order valence-electron chi connectivity index (χ4n) is 2.48. The summed E-state index contributed by atoms with van der Waals surface area (Å²) < 4.78 is 32.4. The molecule has 2 unspecified atom stereocenters. The van der Waals surface area contributed by atoms with Gasteiger partial charge in [-0.25, -0.2) is 0 Å². The van der Waals surface area contributed by atoms with E-state index in [0.717, 1.165) is 11.5 Å². The molecule has 0 heterocycles. The second kappa shape index (κ2) is 4.13. The smallest absolute Gasteiger partial charge is 0.302 e. The van der Waals surface area contributed by atoms with E-state index < -0.39 is 21.2 Å². The fraction of sp³-hybridized carbons (Fsp3) is 0.143. The van der Waals surface area contributed by atoms with Gasteiger partial charge in [0.15, 0.2) is 0 Å². The van der Waals surface area contributed by atoms with Gasteiger partial charge in [-0.2, -0.15) is 8.42 Å². The molecule has 5 nitrogen and oxygen atoms in total. The van der Waals surface area contributed by atoms with Crippen molar-refractivity contribution in [1.29, 1.82) is 0 Å². The molecule has 0 saturated heterocycles. The van der Waals surface area contributed by atoms with Crippen molar-refractivity contribution in [3.63, 3.8) is 0 Å². The molecule has 104 valence electrons. The molecule has 0 fully saturated rings. The highest BCUT2D eigenvalue weighted by molar-refractivity contribution is 7.86. The average Bonchev–Trinajstić information content (AvgIpc) is 2.40. The molecule has 2 aromatic carbocycles. The van der Waals surface area contributed by atoms with Crippen LogP contribution in [0.3, 0.4) is 0 Å². The van der Waals surface area contributed by atoms with Crippen LogP contribution in [0.5, 0.6) is 0 Å². The number of aliphatic hydroxyl groups is 2. The molecular formula is C14H12O5S. The van der Waals surface area contributed by atoms with Gasteiger partial charge in [-0.15, -0.1) is 0 Å². The van der Waals surface area contributed by atoms with E-state index in [4.69, 9.17) is 0 Å². The highest BCUT2D eigenvalue weighted by Gasteiger charge is 2.51. The zero-order valence-electron chi connectivity index (χ0n) is 10.3. The minimum absolute atomic E-state index is 0.0336. The Labute approximate surface area is 115 Å². The number of hydrogen-bond acceptors (Lipinski definition) is 4. The molecule has 3 N–H and O–H groups in total. The summed E-state index contributed by atoms with van der Waals surface area (Å²) in [5, 5.41) is 21.7. The van der Waals surface area contributed by atoms with Gasteiger partial charge in [0, 0.05) is 5.56 Å². The second-order valence-electron chi connectivity index (χ2n) is 4.76. The monoisotopic (exact) mass is 292 g/mol. The summed E-state index contributed by atoms with van der Waals surface area (Å²) in [5.41, 5.74) is 0.405. The standard InChI is InChI=1S/C14H12O5S/c15-13-6-5-11-7-9-3-1-2-4-10(9)8-12(11)14(13,16)20(17,18)19/h1-8,13,15-16H,(H,17,18,19). The lowest BCUT2D eigenvalue weighted by Crippen LogP contribution is -2.47. The van der Waals surface area contributed by atoms with Gasteiger partial charge in [0.2, 0.25) is 4.93 Å². The lowest BCUT2D eigenvalue weighted by atomic mass is 9.90. The summed E-state index contributed by atoms with van der Waals surface area (Å²) in [5.74, 6) is 0. The van der Waals surface area contributed by atoms with E-state index in [-0.39, 0.29) is 5.56 Å². The Hall–Kier alpha value is -1.73. The van der Waals surface area contributed by atoms with E-state index in [0.29, 0.717) is 10.9 Å². The van der Waals surface area contributed by atoms with Crippen LogP contribution in [0.15, 0.2) is 42.5 Å². The van der Waals surface area contributed by atoms with Crippen LogP contribution in [0.4, 0.5) is 0 Å². The van der Waals surface area contributed by atoms with Crippen molar-refractivity contribution in [3.8, 4) is 0 Å². The number of rotatable bonds is 1. The first-order valence-corrected chi connectivity index (χ1v) is 7.37. The normalized spacial score (nSPS) is 25.6. The van der Waals surface area contributed by atoms with Crippen LogP contribution in [-0.2, 0) is 15.1 Å². The molecule has 3 rings (SSSR count). The highest BCUT2D eigenvalue weighted by Crippen LogP contribution is 2.39. The van der Waals surface area contributed by atoms with E-state index in [2.05, 4.69) is 0 Å². The van der Waals surface area contributed by atoms with Crippen molar-refractivity contribution < 1.29 is 23.2 Å². The van der Waals surface area contributed by atoms with Crippen molar-refractivity contribution in [2.75, 3.05) is 0 Å². The lowest BCUT2D eigenvalue weighted by molar-refractivity contribution is 0.00219. The summed E-state index contributed by atoms with van der Waals surface area (Å²) in [6, 6.07) is 10.4. The second-order valence-corrected chi connectivity index (χ2v) is 6.33. The van der Waals surface area contributed by atoms with E-state index in [1.54, 1.807) is 18.2 Å². The maximum absolute atomic E-state index is 11.5. The van der Waals surface area contributed by atoms with E-state index in [9.17, 15) is 23.2 Å². The van der Waals surface area contributed by atoms with Crippen LogP contribution in [0.2, 0.25) is 0 Å². The van der Waals surface area contributed by atoms with Gasteiger partial charge >= 0.3 is 10.1 Å². The summed E-state index contributed by atoms with van der Waals surface area (Å²) in [7, 11) is -4.90. The van der Waals surface area contributed by atoms with Gasteiger partial charge in [-0.1, -0.05) is 36.4 Å². The van der Waals surface area contributed by atoms with Crippen LogP contribution >= 0.6 is 0 Å². The maximum Gasteiger partial charge on any atom is 0.302 e. The number of fused-ring (bicyclic) bond motifs is 2. The van der Waals surface area contributed by atoms with Crippen molar-refractivity contribution in [2.45, 2.75) is 11.0 Å². The molecule has 0 aliphatic heterocycles. The molecule has 1 aliphatic rings. The molecule has 6 heteroatoms. The first-order chi connectivity index (χ1) is 9.34. The lowest BCUT2D eigenvalue weighted by Gasteiger charge is -2.32. The molecule has 20 heavy (non-hydrogen) atoms. The maximum atomic E-state index is 11.5. The molecule has 0 saturated carbocycles. The molecule has 0 radical (unpaired) electrons. The zero-order chi connectivity index (χ0) is 14.5. The Morgan fingerprint density at radius 3 is 2.30 bits per heavy atom. The van der Waals surface area contributed by atoms with Crippen molar-refractivity contribution in [3.05, 3.63) is 53.6 Å². The quantitative estimate of drug-likeness (QED) is 0.688. The number of benzene rings is 2. The Kier molecular flexibility index (Phi) is 2.74. The number of hydrogen-bond donors (Lipinski definition) is 3. The molecule has 2 aromatic rings. The van der Waals surface area contributed by atoms with Crippen LogP contribution in [0, 0.1) is 0 Å². The van der Waals surface area contributed by atoms with E-state index >= 15 is 0 Å². The summed E-state index contributed by atoms with van der Waals surface area (Å²) in [4.78, 5) is -2.75. The van der Waals surface area contributed by atoms with Crippen molar-refractivity contribution in [2.24, 2.45) is 0 Å². The predicted octanol–water partition coefficient (Wildman–Crippen LogP) is 1.26. The third-order valence-electron chi connectivity index (χ3n) is 3.56. The molecule has 1 aliphatic carbocycles. The molecular weight excluding hydrogens is 280 g/mol. The third kappa shape index (κ3) is 1.70. The van der Waals surface area contributed by atoms with E-state index in [1.165, 1.54) is 12.1 Å². The Bertz CT molecular complexity index is 825. The Morgan fingerprint density at radius 2 is 1.70 bits per heavy atom. The van der Waals surface area contributed by atoms with Crippen molar-refractivity contribution in [1.82, 2.24) is 0 Å². The van der Waals surface area contributed by atoms with E-state index in [1.807, 2.05) is 12.1 Å². The van der Waals surface area contributed by atoms with Crippen LogP contribution in [0.1, 0.15) is 11.1 Å². The summed E-state index contributed by atoms with van der Waals surface area (Å²) >= 11 is 0. The minimum Gasteiger partial charge on any atom is -0.384 e. The van der Waals surface area contributed by atoms with Crippen LogP contribution in [-0.4, -0.2) is 29.3 Å². The summed E-state index contributed by atoms with van der Waals surface area (Å²) in [6.07, 6.45) is 0.933. The minimum atomic E-state index is -4.90. The predicted molar refractivity (Wildman–Crippen MR) is 74.4 cm³/mol. The topological polar surface area (TPSA) is 94.8 Å². The molecule has 0 amide bonds. The highest BCUT2D eigenvalue weighted by atomic mass is 32.2. The van der Waals surface area contributed by atoms with Gasteiger partial charge < -0.3 is 10.2 Å². The molecule has 2 atom stereocenters.